The van der Waals surface area contributed by atoms with Crippen LogP contribution in [0.4, 0.5) is 0 Å². The second-order valence-corrected chi connectivity index (χ2v) is 5.15. The number of amides is 2. The highest BCUT2D eigenvalue weighted by atomic mass is 79.9. The number of rotatable bonds is 4. The van der Waals surface area contributed by atoms with Gasteiger partial charge in [-0.3, -0.25) is 9.59 Å². The van der Waals surface area contributed by atoms with Gasteiger partial charge in [-0.2, -0.15) is 0 Å². The Kier molecular flexibility index (Phi) is 5.35. The summed E-state index contributed by atoms with van der Waals surface area (Å²) in [6, 6.07) is 5.14. The lowest BCUT2D eigenvalue weighted by Gasteiger charge is -2.20. The van der Waals surface area contributed by atoms with Crippen molar-refractivity contribution in [1.82, 2.24) is 9.80 Å². The Balaban J connectivity index is 2.90. The monoisotopic (exact) mass is 328 g/mol. The van der Waals surface area contributed by atoms with Crippen LogP contribution >= 0.6 is 15.9 Å². The lowest BCUT2D eigenvalue weighted by atomic mass is 10.2. The van der Waals surface area contributed by atoms with Crippen LogP contribution in [0.1, 0.15) is 10.4 Å². The van der Waals surface area contributed by atoms with Crippen molar-refractivity contribution >= 4 is 27.7 Å². The molecule has 0 bridgehead atoms. The number of halogens is 1. The van der Waals surface area contributed by atoms with Crippen molar-refractivity contribution in [3.63, 3.8) is 0 Å². The maximum Gasteiger partial charge on any atom is 0.255 e. The van der Waals surface area contributed by atoms with Gasteiger partial charge in [-0.1, -0.05) is 0 Å². The topological polar surface area (TPSA) is 49.9 Å². The highest BCUT2D eigenvalue weighted by molar-refractivity contribution is 9.10. The minimum Gasteiger partial charge on any atom is -0.497 e. The van der Waals surface area contributed by atoms with E-state index in [1.807, 2.05) is 0 Å². The van der Waals surface area contributed by atoms with E-state index in [1.54, 1.807) is 39.3 Å². The smallest absolute Gasteiger partial charge is 0.255 e. The number of carbonyl (C=O) groups is 2. The van der Waals surface area contributed by atoms with Gasteiger partial charge in [0, 0.05) is 25.6 Å². The molecule has 0 unspecified atom stereocenters. The summed E-state index contributed by atoms with van der Waals surface area (Å²) in [5, 5.41) is 0. The molecule has 0 N–H and O–H groups in total. The van der Waals surface area contributed by atoms with Gasteiger partial charge < -0.3 is 14.5 Å². The third-order valence-electron chi connectivity index (χ3n) is 2.62. The number of likely N-dealkylation sites (N-methyl/N-ethyl adjacent to an activating group) is 2. The van der Waals surface area contributed by atoms with Crippen LogP contribution in [0.25, 0.3) is 0 Å². The summed E-state index contributed by atoms with van der Waals surface area (Å²) in [5.74, 6) is 0.231. The van der Waals surface area contributed by atoms with E-state index in [-0.39, 0.29) is 18.4 Å². The molecule has 0 aromatic heterocycles. The third kappa shape index (κ3) is 3.96. The van der Waals surface area contributed by atoms with Gasteiger partial charge in [-0.25, -0.2) is 0 Å². The van der Waals surface area contributed by atoms with Crippen molar-refractivity contribution in [1.29, 1.82) is 0 Å². The molecular formula is C13H17BrN2O3. The van der Waals surface area contributed by atoms with Gasteiger partial charge >= 0.3 is 0 Å². The fourth-order valence-corrected chi connectivity index (χ4v) is 1.83. The number of hydrogen-bond acceptors (Lipinski definition) is 3. The molecule has 0 heterocycles. The lowest BCUT2D eigenvalue weighted by molar-refractivity contribution is -0.129. The van der Waals surface area contributed by atoms with Crippen molar-refractivity contribution in [2.75, 3.05) is 34.8 Å². The summed E-state index contributed by atoms with van der Waals surface area (Å²) in [6.07, 6.45) is 0. The summed E-state index contributed by atoms with van der Waals surface area (Å²) < 4.78 is 5.76. The largest absolute Gasteiger partial charge is 0.497 e. The van der Waals surface area contributed by atoms with Crippen LogP contribution < -0.4 is 4.74 Å². The molecule has 104 valence electrons. The van der Waals surface area contributed by atoms with Gasteiger partial charge in [0.1, 0.15) is 5.75 Å². The van der Waals surface area contributed by atoms with Crippen molar-refractivity contribution in [3.8, 4) is 5.75 Å². The summed E-state index contributed by atoms with van der Waals surface area (Å²) in [5.41, 5.74) is 0.466. The van der Waals surface area contributed by atoms with E-state index < -0.39 is 0 Å². The van der Waals surface area contributed by atoms with Crippen molar-refractivity contribution in [2.45, 2.75) is 0 Å². The number of carbonyl (C=O) groups excluding carboxylic acids is 2. The molecule has 0 aliphatic rings. The Morgan fingerprint density at radius 1 is 1.26 bits per heavy atom. The first-order valence-electron chi connectivity index (χ1n) is 5.66. The maximum absolute atomic E-state index is 12.3. The molecule has 0 saturated heterocycles. The van der Waals surface area contributed by atoms with Gasteiger partial charge in [0.05, 0.1) is 19.2 Å². The van der Waals surface area contributed by atoms with E-state index in [0.717, 1.165) is 0 Å². The van der Waals surface area contributed by atoms with Crippen molar-refractivity contribution < 1.29 is 14.3 Å². The first kappa shape index (κ1) is 15.5. The molecule has 1 aromatic carbocycles. The van der Waals surface area contributed by atoms with Gasteiger partial charge in [-0.15, -0.1) is 0 Å². The van der Waals surface area contributed by atoms with Crippen LogP contribution in [0.3, 0.4) is 0 Å². The molecule has 19 heavy (non-hydrogen) atoms. The molecule has 1 rings (SSSR count). The Labute approximate surface area is 121 Å². The summed E-state index contributed by atoms with van der Waals surface area (Å²) >= 11 is 3.33. The highest BCUT2D eigenvalue weighted by Gasteiger charge is 2.18. The minimum atomic E-state index is -0.235. The molecular weight excluding hydrogens is 312 g/mol. The van der Waals surface area contributed by atoms with Crippen LogP contribution in [0.2, 0.25) is 0 Å². The second kappa shape index (κ2) is 6.56. The molecule has 0 aliphatic carbocycles. The molecule has 0 aliphatic heterocycles. The molecule has 0 fully saturated rings. The third-order valence-corrected chi connectivity index (χ3v) is 3.31. The minimum absolute atomic E-state index is 0.0372. The van der Waals surface area contributed by atoms with E-state index in [4.69, 9.17) is 4.74 Å². The average molecular weight is 329 g/mol. The van der Waals surface area contributed by atoms with Gasteiger partial charge in [0.2, 0.25) is 5.91 Å². The molecule has 0 atom stereocenters. The van der Waals surface area contributed by atoms with Crippen LogP contribution in [0.5, 0.6) is 5.75 Å². The van der Waals surface area contributed by atoms with E-state index in [0.29, 0.717) is 15.8 Å². The Morgan fingerprint density at radius 3 is 2.42 bits per heavy atom. The lowest BCUT2D eigenvalue weighted by Crippen LogP contribution is -2.37. The van der Waals surface area contributed by atoms with Crippen LogP contribution in [-0.4, -0.2) is 56.4 Å². The normalized spacial score (nSPS) is 9.95. The summed E-state index contributed by atoms with van der Waals surface area (Å²) in [6.45, 7) is 0.0372. The zero-order valence-electron chi connectivity index (χ0n) is 11.4. The van der Waals surface area contributed by atoms with Crippen LogP contribution in [-0.2, 0) is 4.79 Å². The van der Waals surface area contributed by atoms with Gasteiger partial charge in [0.15, 0.2) is 0 Å². The second-order valence-electron chi connectivity index (χ2n) is 4.30. The van der Waals surface area contributed by atoms with Crippen molar-refractivity contribution in [2.24, 2.45) is 0 Å². The Bertz CT molecular complexity index is 489. The number of hydrogen-bond donors (Lipinski definition) is 0. The molecule has 0 spiro atoms. The molecule has 2 amide bonds. The predicted octanol–water partition coefficient (Wildman–Crippen LogP) is 1.62. The molecule has 0 radical (unpaired) electrons. The molecule has 1 aromatic rings. The fraction of sp³-hybridized carbons (Fsp3) is 0.385. The first-order valence-corrected chi connectivity index (χ1v) is 6.45. The summed E-state index contributed by atoms with van der Waals surface area (Å²) in [7, 11) is 6.44. The van der Waals surface area contributed by atoms with E-state index in [9.17, 15) is 9.59 Å². The first-order chi connectivity index (χ1) is 8.86. The standard InChI is InChI=1S/C13H17BrN2O3/c1-15(2)12(17)8-16(3)13(18)10-7-9(19-4)5-6-11(10)14/h5-7H,8H2,1-4H3. The molecule has 0 saturated carbocycles. The quantitative estimate of drug-likeness (QED) is 0.843. The molecule has 6 heteroatoms. The number of benzene rings is 1. The zero-order valence-corrected chi connectivity index (χ0v) is 13.0. The summed E-state index contributed by atoms with van der Waals surface area (Å²) in [4.78, 5) is 26.7. The molecule has 5 nitrogen and oxygen atoms in total. The Hall–Kier alpha value is -1.56. The predicted molar refractivity (Wildman–Crippen MR) is 76.3 cm³/mol. The fourth-order valence-electron chi connectivity index (χ4n) is 1.42. The number of nitrogens with zero attached hydrogens (tertiary/aromatic N) is 2. The zero-order chi connectivity index (χ0) is 14.6. The van der Waals surface area contributed by atoms with Crippen molar-refractivity contribution in [3.05, 3.63) is 28.2 Å². The maximum atomic E-state index is 12.3. The van der Waals surface area contributed by atoms with Crippen LogP contribution in [0, 0.1) is 0 Å². The van der Waals surface area contributed by atoms with E-state index >= 15 is 0 Å². The van der Waals surface area contributed by atoms with Gasteiger partial charge in [-0.05, 0) is 34.1 Å². The number of ether oxygens (including phenoxy) is 1. The Morgan fingerprint density at radius 2 is 1.89 bits per heavy atom. The average Bonchev–Trinajstić information content (AvgIpc) is 2.38. The van der Waals surface area contributed by atoms with Crippen LogP contribution in [0.15, 0.2) is 22.7 Å². The van der Waals surface area contributed by atoms with E-state index in [2.05, 4.69) is 15.9 Å². The highest BCUT2D eigenvalue weighted by Crippen LogP contribution is 2.23. The van der Waals surface area contributed by atoms with E-state index in [1.165, 1.54) is 16.9 Å². The number of methoxy groups -OCH3 is 1. The SMILES string of the molecule is COc1ccc(Br)c(C(=O)N(C)CC(=O)N(C)C)c1. The van der Waals surface area contributed by atoms with Gasteiger partial charge in [0.25, 0.3) is 5.91 Å².